The predicted octanol–water partition coefficient (Wildman–Crippen LogP) is 3.04. The molecule has 1 saturated heterocycles. The van der Waals surface area contributed by atoms with Gasteiger partial charge in [0.25, 0.3) is 0 Å². The molecule has 2 N–H and O–H groups in total. The van der Waals surface area contributed by atoms with E-state index < -0.39 is 0 Å². The van der Waals surface area contributed by atoms with E-state index in [1.807, 2.05) is 32.0 Å². The van der Waals surface area contributed by atoms with Crippen LogP contribution >= 0.6 is 0 Å². The predicted molar refractivity (Wildman–Crippen MR) is 82.9 cm³/mol. The van der Waals surface area contributed by atoms with Crippen LogP contribution in [0.2, 0.25) is 0 Å². The molecule has 0 radical (unpaired) electrons. The van der Waals surface area contributed by atoms with Gasteiger partial charge in [0.1, 0.15) is 11.5 Å². The highest BCUT2D eigenvalue weighted by Gasteiger charge is 2.13. The van der Waals surface area contributed by atoms with Crippen LogP contribution in [0.4, 0.5) is 5.69 Å². The molecule has 4 nitrogen and oxygen atoms in total. The Kier molecular flexibility index (Phi) is 5.99. The molecule has 2 rings (SSSR count). The fraction of sp³-hybridized carbons (Fsp3) is 0.625. The van der Waals surface area contributed by atoms with E-state index in [1.54, 1.807) is 0 Å². The molecule has 1 aromatic carbocycles. The summed E-state index contributed by atoms with van der Waals surface area (Å²) < 4.78 is 11.2. The Morgan fingerprint density at radius 3 is 2.75 bits per heavy atom. The van der Waals surface area contributed by atoms with Gasteiger partial charge in [-0.3, -0.25) is 0 Å². The molecule has 1 heterocycles. The summed E-state index contributed by atoms with van der Waals surface area (Å²) in [5.74, 6) is 1.78. The van der Waals surface area contributed by atoms with Crippen LogP contribution in [0.25, 0.3) is 0 Å². The molecule has 0 bridgehead atoms. The molecule has 1 aliphatic rings. The Balaban J connectivity index is 2.00. The van der Waals surface area contributed by atoms with Crippen molar-refractivity contribution in [2.24, 2.45) is 0 Å². The van der Waals surface area contributed by atoms with Gasteiger partial charge in [-0.2, -0.15) is 0 Å². The highest BCUT2D eigenvalue weighted by molar-refractivity contribution is 5.59. The molecule has 0 saturated carbocycles. The summed E-state index contributed by atoms with van der Waals surface area (Å²) in [6, 6.07) is 6.51. The zero-order chi connectivity index (χ0) is 14.2. The van der Waals surface area contributed by atoms with Crippen LogP contribution < -0.4 is 20.1 Å². The fourth-order valence-electron chi connectivity index (χ4n) is 2.52. The third-order valence-corrected chi connectivity index (χ3v) is 3.51. The lowest BCUT2D eigenvalue weighted by Gasteiger charge is -2.24. The maximum Gasteiger partial charge on any atom is 0.142 e. The second-order valence-corrected chi connectivity index (χ2v) is 5.05. The van der Waals surface area contributed by atoms with Gasteiger partial charge in [0, 0.05) is 18.7 Å². The molecule has 0 aliphatic carbocycles. The number of benzene rings is 1. The van der Waals surface area contributed by atoms with Crippen molar-refractivity contribution < 1.29 is 9.47 Å². The number of piperidine rings is 1. The first-order valence-corrected chi connectivity index (χ1v) is 7.70. The van der Waals surface area contributed by atoms with E-state index in [-0.39, 0.29) is 0 Å². The van der Waals surface area contributed by atoms with E-state index in [1.165, 1.54) is 19.3 Å². The van der Waals surface area contributed by atoms with E-state index in [2.05, 4.69) is 10.6 Å². The average Bonchev–Trinajstić information content (AvgIpc) is 2.49. The third kappa shape index (κ3) is 4.30. The van der Waals surface area contributed by atoms with Gasteiger partial charge in [-0.15, -0.1) is 0 Å². The summed E-state index contributed by atoms with van der Waals surface area (Å²) in [5, 5.41) is 7.05. The molecule has 112 valence electrons. The molecule has 20 heavy (non-hydrogen) atoms. The summed E-state index contributed by atoms with van der Waals surface area (Å²) >= 11 is 0. The van der Waals surface area contributed by atoms with Crippen LogP contribution in [0, 0.1) is 0 Å². The smallest absolute Gasteiger partial charge is 0.142 e. The van der Waals surface area contributed by atoms with Gasteiger partial charge in [-0.25, -0.2) is 0 Å². The zero-order valence-corrected chi connectivity index (χ0v) is 12.6. The van der Waals surface area contributed by atoms with Crippen molar-refractivity contribution in [3.05, 3.63) is 18.2 Å². The molecule has 1 aliphatic heterocycles. The first-order chi connectivity index (χ1) is 9.83. The van der Waals surface area contributed by atoms with Gasteiger partial charge in [-0.05, 0) is 45.4 Å². The van der Waals surface area contributed by atoms with Crippen LogP contribution in [0.15, 0.2) is 18.2 Å². The number of ether oxygens (including phenoxy) is 2. The molecule has 1 aromatic rings. The van der Waals surface area contributed by atoms with Crippen molar-refractivity contribution >= 4 is 5.69 Å². The molecule has 1 fully saturated rings. The first kappa shape index (κ1) is 15.0. The van der Waals surface area contributed by atoms with E-state index in [9.17, 15) is 0 Å². The van der Waals surface area contributed by atoms with Gasteiger partial charge in [0.05, 0.1) is 18.9 Å². The Bertz CT molecular complexity index is 403. The SMILES string of the molecule is CCOc1ccc(OCC)c(NCC2CCCCN2)c1. The van der Waals surface area contributed by atoms with Crippen molar-refractivity contribution in [2.45, 2.75) is 39.2 Å². The number of hydrogen-bond acceptors (Lipinski definition) is 4. The zero-order valence-electron chi connectivity index (χ0n) is 12.6. The minimum absolute atomic E-state index is 0.550. The molecule has 0 amide bonds. The lowest BCUT2D eigenvalue weighted by atomic mass is 10.1. The van der Waals surface area contributed by atoms with Gasteiger partial charge >= 0.3 is 0 Å². The molecular formula is C16H26N2O2. The Labute approximate surface area is 121 Å². The van der Waals surface area contributed by atoms with Crippen LogP contribution in [-0.4, -0.2) is 32.3 Å². The van der Waals surface area contributed by atoms with E-state index in [0.717, 1.165) is 30.3 Å². The van der Waals surface area contributed by atoms with Crippen molar-refractivity contribution in [2.75, 3.05) is 31.6 Å². The highest BCUT2D eigenvalue weighted by atomic mass is 16.5. The lowest BCUT2D eigenvalue weighted by molar-refractivity contribution is 0.331. The van der Waals surface area contributed by atoms with Crippen LogP contribution in [-0.2, 0) is 0 Å². The summed E-state index contributed by atoms with van der Waals surface area (Å²) in [6.45, 7) is 7.40. The van der Waals surface area contributed by atoms with E-state index in [4.69, 9.17) is 9.47 Å². The molecule has 1 atom stereocenters. The standard InChI is InChI=1S/C16H26N2O2/c1-3-19-14-8-9-16(20-4-2)15(11-14)18-12-13-7-5-6-10-17-13/h8-9,11,13,17-18H,3-7,10,12H2,1-2H3. The van der Waals surface area contributed by atoms with Crippen molar-refractivity contribution in [3.8, 4) is 11.5 Å². The number of anilines is 1. The second kappa shape index (κ2) is 8.00. The van der Waals surface area contributed by atoms with Crippen LogP contribution in [0.3, 0.4) is 0 Å². The Morgan fingerprint density at radius 2 is 2.05 bits per heavy atom. The highest BCUT2D eigenvalue weighted by Crippen LogP contribution is 2.29. The van der Waals surface area contributed by atoms with Crippen molar-refractivity contribution in [1.82, 2.24) is 5.32 Å². The Morgan fingerprint density at radius 1 is 1.20 bits per heavy atom. The molecule has 4 heteroatoms. The fourth-order valence-corrected chi connectivity index (χ4v) is 2.52. The van der Waals surface area contributed by atoms with Gasteiger partial charge in [-0.1, -0.05) is 6.42 Å². The van der Waals surface area contributed by atoms with Gasteiger partial charge < -0.3 is 20.1 Å². The molecule has 0 spiro atoms. The lowest BCUT2D eigenvalue weighted by Crippen LogP contribution is -2.39. The monoisotopic (exact) mass is 278 g/mol. The number of hydrogen-bond donors (Lipinski definition) is 2. The van der Waals surface area contributed by atoms with Crippen molar-refractivity contribution in [3.63, 3.8) is 0 Å². The van der Waals surface area contributed by atoms with Crippen LogP contribution in [0.1, 0.15) is 33.1 Å². The number of nitrogens with one attached hydrogen (secondary N) is 2. The summed E-state index contributed by atoms with van der Waals surface area (Å²) in [7, 11) is 0. The summed E-state index contributed by atoms with van der Waals surface area (Å²) in [4.78, 5) is 0. The summed E-state index contributed by atoms with van der Waals surface area (Å²) in [6.07, 6.45) is 3.85. The molecule has 1 unspecified atom stereocenters. The van der Waals surface area contributed by atoms with Gasteiger partial charge in [0.2, 0.25) is 0 Å². The van der Waals surface area contributed by atoms with Gasteiger partial charge in [0.15, 0.2) is 0 Å². The largest absolute Gasteiger partial charge is 0.494 e. The van der Waals surface area contributed by atoms with Crippen LogP contribution in [0.5, 0.6) is 11.5 Å². The summed E-state index contributed by atoms with van der Waals surface area (Å²) in [5.41, 5.74) is 1.02. The maximum atomic E-state index is 5.67. The minimum atomic E-state index is 0.550. The van der Waals surface area contributed by atoms with Crippen molar-refractivity contribution in [1.29, 1.82) is 0 Å². The third-order valence-electron chi connectivity index (χ3n) is 3.51. The second-order valence-electron chi connectivity index (χ2n) is 5.05. The first-order valence-electron chi connectivity index (χ1n) is 7.70. The molecule has 0 aromatic heterocycles. The quantitative estimate of drug-likeness (QED) is 0.804. The maximum absolute atomic E-state index is 5.67. The van der Waals surface area contributed by atoms with E-state index >= 15 is 0 Å². The normalized spacial score (nSPS) is 18.6. The van der Waals surface area contributed by atoms with E-state index in [0.29, 0.717) is 19.3 Å². The Hall–Kier alpha value is -1.42. The topological polar surface area (TPSA) is 42.5 Å². The number of rotatable bonds is 7. The average molecular weight is 278 g/mol. The molecular weight excluding hydrogens is 252 g/mol. The minimum Gasteiger partial charge on any atom is -0.494 e.